The van der Waals surface area contributed by atoms with Crippen molar-refractivity contribution in [3.8, 4) is 0 Å². The maximum absolute atomic E-state index is 11.8. The van der Waals surface area contributed by atoms with Gasteiger partial charge in [-0.3, -0.25) is 0 Å². The number of sulfonamides is 1. The highest BCUT2D eigenvalue weighted by Crippen LogP contribution is 2.23. The van der Waals surface area contributed by atoms with Crippen LogP contribution in [0.5, 0.6) is 0 Å². The molecule has 0 aliphatic carbocycles. The van der Waals surface area contributed by atoms with E-state index in [1.807, 2.05) is 0 Å². The van der Waals surface area contributed by atoms with Gasteiger partial charge in [0.25, 0.3) is 10.0 Å². The Morgan fingerprint density at radius 2 is 2.29 bits per heavy atom. The number of rotatable bonds is 4. The molecule has 0 aliphatic rings. The Bertz CT molecular complexity index is 631. The molecule has 2 aromatic heterocycles. The Balaban J connectivity index is 2.38. The third kappa shape index (κ3) is 2.26. The fourth-order valence-corrected chi connectivity index (χ4v) is 3.33. The molecule has 0 spiro atoms. The van der Waals surface area contributed by atoms with Crippen molar-refractivity contribution < 1.29 is 18.3 Å². The zero-order chi connectivity index (χ0) is 12.5. The summed E-state index contributed by atoms with van der Waals surface area (Å²) in [6.45, 7) is 0. The number of carboxylic acids is 1. The monoisotopic (exact) mass is 274 g/mol. The van der Waals surface area contributed by atoms with Crippen LogP contribution in [0.4, 0.5) is 5.95 Å². The number of hydrogen-bond acceptors (Lipinski definition) is 6. The van der Waals surface area contributed by atoms with Gasteiger partial charge in [0.1, 0.15) is 16.1 Å². The minimum absolute atomic E-state index is 0.0764. The van der Waals surface area contributed by atoms with Crippen molar-refractivity contribution in [1.82, 2.24) is 15.2 Å². The molecule has 90 valence electrons. The molecular weight excluding hydrogens is 268 g/mol. The summed E-state index contributed by atoms with van der Waals surface area (Å²) in [4.78, 5) is 13.8. The van der Waals surface area contributed by atoms with Crippen molar-refractivity contribution in [2.75, 3.05) is 4.72 Å². The molecule has 2 heterocycles. The van der Waals surface area contributed by atoms with Crippen molar-refractivity contribution in [2.45, 2.75) is 4.90 Å². The lowest BCUT2D eigenvalue weighted by molar-refractivity contribution is 0.0698. The van der Waals surface area contributed by atoms with Gasteiger partial charge in [0.2, 0.25) is 5.95 Å². The number of nitrogens with one attached hydrogen (secondary N) is 2. The number of aromatic nitrogens is 3. The lowest BCUT2D eigenvalue weighted by atomic mass is 10.5. The number of thiophene rings is 1. The minimum Gasteiger partial charge on any atom is -0.477 e. The third-order valence-corrected chi connectivity index (χ3v) is 4.17. The van der Waals surface area contributed by atoms with Gasteiger partial charge in [0.15, 0.2) is 0 Å². The van der Waals surface area contributed by atoms with Crippen LogP contribution in [0.25, 0.3) is 0 Å². The zero-order valence-corrected chi connectivity index (χ0v) is 9.75. The minimum atomic E-state index is -3.97. The van der Waals surface area contributed by atoms with Crippen LogP contribution in [0.2, 0.25) is 0 Å². The Labute approximate surface area is 99.4 Å². The molecule has 3 N–H and O–H groups in total. The zero-order valence-electron chi connectivity index (χ0n) is 8.11. The average Bonchev–Trinajstić information content (AvgIpc) is 2.84. The Kier molecular flexibility index (Phi) is 2.81. The summed E-state index contributed by atoms with van der Waals surface area (Å²) in [5.74, 6) is -1.37. The normalized spacial score (nSPS) is 11.3. The topological polar surface area (TPSA) is 125 Å². The summed E-state index contributed by atoms with van der Waals surface area (Å²) < 4.78 is 25.7. The molecule has 10 heteroatoms. The predicted octanol–water partition coefficient (Wildman–Crippen LogP) is 0.365. The first-order valence-corrected chi connectivity index (χ1v) is 6.56. The SMILES string of the molecule is O=C(O)c1sccc1S(=O)(=O)Nc1ncn[nH]1. The van der Waals surface area contributed by atoms with E-state index in [9.17, 15) is 13.2 Å². The summed E-state index contributed by atoms with van der Waals surface area (Å²) in [5, 5.41) is 16.0. The van der Waals surface area contributed by atoms with Crippen LogP contribution in [0, 0.1) is 0 Å². The van der Waals surface area contributed by atoms with Crippen molar-refractivity contribution in [3.05, 3.63) is 22.7 Å². The average molecular weight is 274 g/mol. The van der Waals surface area contributed by atoms with E-state index < -0.39 is 16.0 Å². The van der Waals surface area contributed by atoms with Crippen LogP contribution in [-0.4, -0.2) is 34.7 Å². The van der Waals surface area contributed by atoms with Gasteiger partial charge in [-0.25, -0.2) is 23.0 Å². The fraction of sp³-hybridized carbons (Fsp3) is 0. The highest BCUT2D eigenvalue weighted by Gasteiger charge is 2.24. The lowest BCUT2D eigenvalue weighted by Crippen LogP contribution is -2.16. The number of carboxylic acid groups (broad SMARTS) is 1. The number of nitrogens with zero attached hydrogens (tertiary/aromatic N) is 2. The van der Waals surface area contributed by atoms with Crippen LogP contribution in [0.1, 0.15) is 9.67 Å². The van der Waals surface area contributed by atoms with Crippen LogP contribution in [0.3, 0.4) is 0 Å². The first-order valence-electron chi connectivity index (χ1n) is 4.19. The first-order chi connectivity index (χ1) is 8.00. The van der Waals surface area contributed by atoms with Gasteiger partial charge in [0.05, 0.1) is 0 Å². The van der Waals surface area contributed by atoms with Crippen molar-refractivity contribution >= 4 is 33.3 Å². The summed E-state index contributed by atoms with van der Waals surface area (Å²) in [7, 11) is -3.97. The second kappa shape index (κ2) is 4.14. The van der Waals surface area contributed by atoms with E-state index in [0.717, 1.165) is 17.7 Å². The van der Waals surface area contributed by atoms with Gasteiger partial charge < -0.3 is 5.11 Å². The number of aromatic amines is 1. The summed E-state index contributed by atoms with van der Waals surface area (Å²) in [5.41, 5.74) is 0. The second-order valence-corrected chi connectivity index (χ2v) is 5.43. The van der Waals surface area contributed by atoms with E-state index in [0.29, 0.717) is 0 Å². The molecule has 0 aromatic carbocycles. The highest BCUT2D eigenvalue weighted by atomic mass is 32.2. The third-order valence-electron chi connectivity index (χ3n) is 1.76. The smallest absolute Gasteiger partial charge is 0.347 e. The molecule has 0 saturated heterocycles. The first kappa shape index (κ1) is 11.5. The van der Waals surface area contributed by atoms with E-state index in [4.69, 9.17) is 5.11 Å². The van der Waals surface area contributed by atoms with E-state index in [1.54, 1.807) is 0 Å². The summed E-state index contributed by atoms with van der Waals surface area (Å²) in [6, 6.07) is 1.22. The number of hydrogen-bond donors (Lipinski definition) is 3. The van der Waals surface area contributed by atoms with Crippen LogP contribution in [0.15, 0.2) is 22.7 Å². The van der Waals surface area contributed by atoms with Crippen LogP contribution in [-0.2, 0) is 10.0 Å². The van der Waals surface area contributed by atoms with Crippen molar-refractivity contribution in [1.29, 1.82) is 0 Å². The number of H-pyrrole nitrogens is 1. The Morgan fingerprint density at radius 3 is 2.88 bits per heavy atom. The highest BCUT2D eigenvalue weighted by molar-refractivity contribution is 7.93. The van der Waals surface area contributed by atoms with Gasteiger partial charge in [0, 0.05) is 0 Å². The molecule has 2 rings (SSSR count). The van der Waals surface area contributed by atoms with E-state index in [-0.39, 0.29) is 15.7 Å². The van der Waals surface area contributed by atoms with E-state index >= 15 is 0 Å². The maximum Gasteiger partial charge on any atom is 0.347 e. The molecule has 2 aromatic rings. The van der Waals surface area contributed by atoms with Gasteiger partial charge >= 0.3 is 5.97 Å². The number of carbonyl (C=O) groups is 1. The molecule has 0 saturated carbocycles. The molecule has 0 fully saturated rings. The number of aromatic carboxylic acids is 1. The standard InChI is InChI=1S/C7H6N4O4S2/c12-6(13)5-4(1-2-16-5)17(14,15)11-7-8-3-9-10-7/h1-3H,(H,12,13)(H2,8,9,10,11). The Hall–Kier alpha value is -1.94. The van der Waals surface area contributed by atoms with Crippen molar-refractivity contribution in [3.63, 3.8) is 0 Å². The van der Waals surface area contributed by atoms with Gasteiger partial charge in [-0.1, -0.05) is 0 Å². The van der Waals surface area contributed by atoms with Gasteiger partial charge in [-0.2, -0.15) is 10.1 Å². The molecule has 0 amide bonds. The van der Waals surface area contributed by atoms with Crippen molar-refractivity contribution in [2.24, 2.45) is 0 Å². The molecule has 0 bridgehead atoms. The van der Waals surface area contributed by atoms with E-state index in [1.165, 1.54) is 11.4 Å². The molecule has 17 heavy (non-hydrogen) atoms. The number of anilines is 1. The maximum atomic E-state index is 11.8. The Morgan fingerprint density at radius 1 is 1.53 bits per heavy atom. The second-order valence-electron chi connectivity index (χ2n) is 2.86. The van der Waals surface area contributed by atoms with Crippen LogP contribution >= 0.6 is 11.3 Å². The van der Waals surface area contributed by atoms with Crippen LogP contribution < -0.4 is 4.72 Å². The predicted molar refractivity (Wildman–Crippen MR) is 58.5 cm³/mol. The molecule has 0 radical (unpaired) electrons. The van der Waals surface area contributed by atoms with Gasteiger partial charge in [-0.15, -0.1) is 11.3 Å². The quantitative estimate of drug-likeness (QED) is 0.739. The molecular formula is C7H6N4O4S2. The van der Waals surface area contributed by atoms with E-state index in [2.05, 4.69) is 19.9 Å². The lowest BCUT2D eigenvalue weighted by Gasteiger charge is -2.03. The summed E-state index contributed by atoms with van der Waals surface area (Å²) in [6.07, 6.45) is 1.13. The fourth-order valence-electron chi connectivity index (χ4n) is 1.10. The molecule has 0 unspecified atom stereocenters. The largest absolute Gasteiger partial charge is 0.477 e. The van der Waals surface area contributed by atoms with Gasteiger partial charge in [-0.05, 0) is 11.4 Å². The molecule has 0 atom stereocenters. The molecule has 0 aliphatic heterocycles. The molecule has 8 nitrogen and oxygen atoms in total. The summed E-state index contributed by atoms with van der Waals surface area (Å²) >= 11 is 0.832.